The number of rotatable bonds is 19. The molecule has 0 spiro atoms. The molecular formula is C24H48O2. The first-order chi connectivity index (χ1) is 12.6. The van der Waals surface area contributed by atoms with Crippen molar-refractivity contribution in [1.82, 2.24) is 0 Å². The molecule has 0 aromatic heterocycles. The van der Waals surface area contributed by atoms with E-state index < -0.39 is 0 Å². The zero-order chi connectivity index (χ0) is 19.5. The van der Waals surface area contributed by atoms with Gasteiger partial charge in [-0.2, -0.15) is 0 Å². The second-order valence-electron chi connectivity index (χ2n) is 8.53. The number of unbranched alkanes of at least 4 members (excludes halogenated alkanes) is 12. The molecule has 0 amide bonds. The quantitative estimate of drug-likeness (QED) is 0.169. The Kier molecular flexibility index (Phi) is 18.8. The average Bonchev–Trinajstić information content (AvgIpc) is 2.59. The summed E-state index contributed by atoms with van der Waals surface area (Å²) in [6.45, 7) is 8.70. The van der Waals surface area contributed by atoms with Gasteiger partial charge < -0.3 is 4.74 Å². The molecule has 0 rings (SSSR count). The maximum Gasteiger partial charge on any atom is 0.306 e. The predicted molar refractivity (Wildman–Crippen MR) is 115 cm³/mol. The van der Waals surface area contributed by atoms with Crippen LogP contribution in [0.2, 0.25) is 0 Å². The Hall–Kier alpha value is -0.530. The zero-order valence-corrected chi connectivity index (χ0v) is 18.5. The number of esters is 1. The van der Waals surface area contributed by atoms with Crippen LogP contribution in [0.15, 0.2) is 0 Å². The molecule has 0 radical (unpaired) electrons. The van der Waals surface area contributed by atoms with Crippen LogP contribution in [-0.4, -0.2) is 12.1 Å². The van der Waals surface area contributed by atoms with Crippen molar-refractivity contribution in [1.29, 1.82) is 0 Å². The Morgan fingerprint density at radius 1 is 0.654 bits per heavy atom. The van der Waals surface area contributed by atoms with E-state index >= 15 is 0 Å². The number of hydrogen-bond donors (Lipinski definition) is 0. The van der Waals surface area contributed by atoms with E-state index in [1.54, 1.807) is 0 Å². The number of carbonyl (C=O) groups is 1. The molecule has 0 aliphatic heterocycles. The molecule has 0 aliphatic rings. The Balaban J connectivity index is 3.95. The number of ether oxygens (including phenoxy) is 1. The lowest BCUT2D eigenvalue weighted by molar-refractivity contribution is -0.150. The molecule has 156 valence electrons. The van der Waals surface area contributed by atoms with Crippen molar-refractivity contribution in [2.24, 2.45) is 5.92 Å². The minimum absolute atomic E-state index is 0.0101. The van der Waals surface area contributed by atoms with Crippen molar-refractivity contribution in [2.75, 3.05) is 0 Å². The molecule has 0 saturated carbocycles. The fraction of sp³-hybridized carbons (Fsp3) is 0.958. The second-order valence-corrected chi connectivity index (χ2v) is 8.53. The van der Waals surface area contributed by atoms with Gasteiger partial charge in [0.25, 0.3) is 0 Å². The van der Waals surface area contributed by atoms with E-state index in [9.17, 15) is 4.79 Å². The molecule has 0 aliphatic carbocycles. The molecule has 0 atom stereocenters. The van der Waals surface area contributed by atoms with Crippen LogP contribution in [0.25, 0.3) is 0 Å². The van der Waals surface area contributed by atoms with Crippen molar-refractivity contribution in [3.05, 3.63) is 0 Å². The molecule has 26 heavy (non-hydrogen) atoms. The average molecular weight is 369 g/mol. The molecular weight excluding hydrogens is 320 g/mol. The van der Waals surface area contributed by atoms with Crippen LogP contribution in [0.5, 0.6) is 0 Å². The number of carbonyl (C=O) groups excluding carboxylic acids is 1. The maximum atomic E-state index is 12.1. The van der Waals surface area contributed by atoms with Gasteiger partial charge in [-0.3, -0.25) is 4.79 Å². The van der Waals surface area contributed by atoms with Gasteiger partial charge in [-0.15, -0.1) is 0 Å². The Morgan fingerprint density at radius 2 is 1.04 bits per heavy atom. The van der Waals surface area contributed by atoms with E-state index in [4.69, 9.17) is 4.74 Å². The van der Waals surface area contributed by atoms with Gasteiger partial charge in [0.15, 0.2) is 0 Å². The van der Waals surface area contributed by atoms with Gasteiger partial charge in [0.1, 0.15) is 6.10 Å². The first-order valence-electron chi connectivity index (χ1n) is 11.8. The third-order valence-corrected chi connectivity index (χ3v) is 5.13. The monoisotopic (exact) mass is 368 g/mol. The van der Waals surface area contributed by atoms with E-state index in [1.807, 2.05) is 0 Å². The lowest BCUT2D eigenvalue weighted by Crippen LogP contribution is -2.19. The summed E-state index contributed by atoms with van der Waals surface area (Å²) in [5.41, 5.74) is 0. The van der Waals surface area contributed by atoms with Gasteiger partial charge in [0.05, 0.1) is 0 Å². The topological polar surface area (TPSA) is 26.3 Å². The van der Waals surface area contributed by atoms with Crippen LogP contribution < -0.4 is 0 Å². The summed E-state index contributed by atoms with van der Waals surface area (Å²) in [5.74, 6) is 0.399. The minimum atomic E-state index is 0.0101. The van der Waals surface area contributed by atoms with Crippen LogP contribution in [0.3, 0.4) is 0 Å². The Labute approximate surface area is 164 Å². The van der Waals surface area contributed by atoms with Crippen LogP contribution in [0.1, 0.15) is 137 Å². The van der Waals surface area contributed by atoms with E-state index in [1.165, 1.54) is 89.9 Å². The lowest BCUT2D eigenvalue weighted by atomic mass is 10.0. The van der Waals surface area contributed by atoms with Crippen molar-refractivity contribution in [3.63, 3.8) is 0 Å². The maximum absolute atomic E-state index is 12.1. The van der Waals surface area contributed by atoms with Gasteiger partial charge in [-0.05, 0) is 31.6 Å². The largest absolute Gasteiger partial charge is 0.462 e. The lowest BCUT2D eigenvalue weighted by Gasteiger charge is -2.19. The SMILES string of the molecule is CCCCCCCCCC(CCCCCCCCC)OC(=O)CC(C)C. The molecule has 2 heteroatoms. The first kappa shape index (κ1) is 25.5. The zero-order valence-electron chi connectivity index (χ0n) is 18.5. The summed E-state index contributed by atoms with van der Waals surface area (Å²) in [5, 5.41) is 0. The van der Waals surface area contributed by atoms with E-state index in [-0.39, 0.29) is 12.1 Å². The van der Waals surface area contributed by atoms with Crippen molar-refractivity contribution in [3.8, 4) is 0 Å². The van der Waals surface area contributed by atoms with Gasteiger partial charge in [0, 0.05) is 6.42 Å². The molecule has 0 aromatic rings. The molecule has 0 heterocycles. The Morgan fingerprint density at radius 3 is 1.42 bits per heavy atom. The highest BCUT2D eigenvalue weighted by molar-refractivity contribution is 5.69. The third kappa shape index (κ3) is 18.3. The highest BCUT2D eigenvalue weighted by Gasteiger charge is 2.15. The third-order valence-electron chi connectivity index (χ3n) is 5.13. The van der Waals surface area contributed by atoms with Crippen LogP contribution in [0, 0.1) is 5.92 Å². The molecule has 0 unspecified atom stereocenters. The summed E-state index contributed by atoms with van der Waals surface area (Å²) >= 11 is 0. The van der Waals surface area contributed by atoms with Crippen molar-refractivity contribution < 1.29 is 9.53 Å². The molecule has 0 N–H and O–H groups in total. The minimum Gasteiger partial charge on any atom is -0.462 e. The van der Waals surface area contributed by atoms with E-state index in [2.05, 4.69) is 27.7 Å². The fourth-order valence-corrected chi connectivity index (χ4v) is 3.49. The predicted octanol–water partition coefficient (Wildman–Crippen LogP) is 8.23. The molecule has 0 aromatic carbocycles. The molecule has 2 nitrogen and oxygen atoms in total. The van der Waals surface area contributed by atoms with E-state index in [0.29, 0.717) is 12.3 Å². The molecule has 0 saturated heterocycles. The highest BCUT2D eigenvalue weighted by Crippen LogP contribution is 2.18. The second kappa shape index (κ2) is 19.2. The highest BCUT2D eigenvalue weighted by atomic mass is 16.5. The molecule has 0 bridgehead atoms. The summed E-state index contributed by atoms with van der Waals surface area (Å²) in [6, 6.07) is 0. The first-order valence-corrected chi connectivity index (χ1v) is 11.8. The summed E-state index contributed by atoms with van der Waals surface area (Å²) < 4.78 is 5.81. The van der Waals surface area contributed by atoms with E-state index in [0.717, 1.165) is 12.8 Å². The summed E-state index contributed by atoms with van der Waals surface area (Å²) in [4.78, 5) is 12.1. The Bertz CT molecular complexity index is 281. The smallest absolute Gasteiger partial charge is 0.306 e. The number of hydrogen-bond acceptors (Lipinski definition) is 2. The van der Waals surface area contributed by atoms with Crippen LogP contribution in [0.4, 0.5) is 0 Å². The van der Waals surface area contributed by atoms with Gasteiger partial charge in [0.2, 0.25) is 0 Å². The van der Waals surface area contributed by atoms with Gasteiger partial charge in [-0.25, -0.2) is 0 Å². The standard InChI is InChI=1S/C24H48O2/c1-5-7-9-11-13-15-17-19-23(26-24(25)21-22(3)4)20-18-16-14-12-10-8-6-2/h22-23H,5-21H2,1-4H3. The normalized spacial score (nSPS) is 11.5. The summed E-state index contributed by atoms with van der Waals surface area (Å²) in [7, 11) is 0. The fourth-order valence-electron chi connectivity index (χ4n) is 3.49. The van der Waals surface area contributed by atoms with Crippen molar-refractivity contribution in [2.45, 2.75) is 143 Å². The van der Waals surface area contributed by atoms with Crippen molar-refractivity contribution >= 4 is 5.97 Å². The van der Waals surface area contributed by atoms with Crippen LogP contribution >= 0.6 is 0 Å². The molecule has 0 fully saturated rings. The van der Waals surface area contributed by atoms with Gasteiger partial charge >= 0.3 is 5.97 Å². The summed E-state index contributed by atoms with van der Waals surface area (Å²) in [6.07, 6.45) is 21.4. The van der Waals surface area contributed by atoms with Gasteiger partial charge in [-0.1, -0.05) is 105 Å². The van der Waals surface area contributed by atoms with Crippen LogP contribution in [-0.2, 0) is 9.53 Å².